The maximum atomic E-state index is 12.2. The lowest BCUT2D eigenvalue weighted by Gasteiger charge is -2.17. The lowest BCUT2D eigenvalue weighted by molar-refractivity contribution is -0.123. The van der Waals surface area contributed by atoms with Gasteiger partial charge in [-0.1, -0.05) is 36.4 Å². The summed E-state index contributed by atoms with van der Waals surface area (Å²) >= 11 is 0. The summed E-state index contributed by atoms with van der Waals surface area (Å²) in [4.78, 5) is 12.2. The highest BCUT2D eigenvalue weighted by Gasteiger charge is 2.46. The van der Waals surface area contributed by atoms with Crippen LogP contribution in [0.4, 0.5) is 0 Å². The summed E-state index contributed by atoms with van der Waals surface area (Å²) in [6.45, 7) is 4.00. The van der Waals surface area contributed by atoms with Crippen molar-refractivity contribution in [3.63, 3.8) is 0 Å². The molecule has 0 saturated heterocycles. The molecule has 128 valence electrons. The van der Waals surface area contributed by atoms with Gasteiger partial charge >= 0.3 is 0 Å². The number of carbonyl (C=O) groups excluding carboxylic acids is 1. The zero-order valence-electron chi connectivity index (χ0n) is 14.5. The van der Waals surface area contributed by atoms with Crippen LogP contribution < -0.4 is 11.1 Å². The predicted molar refractivity (Wildman–Crippen MR) is 98.5 cm³/mol. The first-order valence-corrected chi connectivity index (χ1v) is 8.62. The number of fused-ring (bicyclic) bond motifs is 1. The smallest absolute Gasteiger partial charge is 0.240 e. The third-order valence-corrected chi connectivity index (χ3v) is 5.10. The largest absolute Gasteiger partial charge is 0.348 e. The minimum Gasteiger partial charge on any atom is -0.348 e. The Kier molecular flexibility index (Phi) is 3.62. The third kappa shape index (κ3) is 2.70. The van der Waals surface area contributed by atoms with Crippen molar-refractivity contribution in [3.05, 3.63) is 59.9 Å². The topological polar surface area (TPSA) is 72.9 Å². The summed E-state index contributed by atoms with van der Waals surface area (Å²) in [6.07, 6.45) is 3.36. The summed E-state index contributed by atoms with van der Waals surface area (Å²) in [7, 11) is 0. The average molecular weight is 334 g/mol. The fourth-order valence-corrected chi connectivity index (χ4v) is 3.26. The third-order valence-electron chi connectivity index (χ3n) is 5.10. The van der Waals surface area contributed by atoms with Crippen molar-refractivity contribution < 1.29 is 4.79 Å². The fraction of sp³-hybridized carbons (Fsp3) is 0.300. The molecule has 1 aromatic heterocycles. The van der Waals surface area contributed by atoms with Crippen molar-refractivity contribution >= 4 is 16.7 Å². The molecule has 5 heteroatoms. The molecule has 0 aliphatic heterocycles. The van der Waals surface area contributed by atoms with Gasteiger partial charge in [-0.2, -0.15) is 5.10 Å². The van der Waals surface area contributed by atoms with Crippen molar-refractivity contribution in [2.75, 3.05) is 0 Å². The zero-order valence-corrected chi connectivity index (χ0v) is 14.5. The molecule has 0 bridgehead atoms. The molecular weight excluding hydrogens is 312 g/mol. The molecule has 3 N–H and O–H groups in total. The van der Waals surface area contributed by atoms with Crippen LogP contribution in [0.15, 0.2) is 48.7 Å². The van der Waals surface area contributed by atoms with E-state index in [1.165, 1.54) is 5.39 Å². The lowest BCUT2D eigenvalue weighted by Crippen LogP contribution is -2.43. The van der Waals surface area contributed by atoms with Crippen LogP contribution in [0.1, 0.15) is 37.1 Å². The normalized spacial score (nSPS) is 16.6. The van der Waals surface area contributed by atoms with Gasteiger partial charge in [0.15, 0.2) is 0 Å². The van der Waals surface area contributed by atoms with Crippen LogP contribution in [-0.4, -0.2) is 21.2 Å². The van der Waals surface area contributed by atoms with Gasteiger partial charge in [0.05, 0.1) is 23.5 Å². The van der Waals surface area contributed by atoms with Gasteiger partial charge in [0.25, 0.3) is 0 Å². The fourth-order valence-electron chi connectivity index (χ4n) is 3.26. The van der Waals surface area contributed by atoms with Crippen LogP contribution >= 0.6 is 0 Å². The van der Waals surface area contributed by atoms with Crippen LogP contribution in [0.25, 0.3) is 16.5 Å². The van der Waals surface area contributed by atoms with E-state index in [-0.39, 0.29) is 11.9 Å². The van der Waals surface area contributed by atoms with Gasteiger partial charge < -0.3 is 11.1 Å². The van der Waals surface area contributed by atoms with E-state index < -0.39 is 5.54 Å². The monoisotopic (exact) mass is 334 g/mol. The van der Waals surface area contributed by atoms with E-state index in [0.29, 0.717) is 0 Å². The Bertz CT molecular complexity index is 950. The highest BCUT2D eigenvalue weighted by atomic mass is 16.2. The molecule has 0 radical (unpaired) electrons. The second kappa shape index (κ2) is 5.70. The average Bonchev–Trinajstić information content (AvgIpc) is 3.25. The number of carbonyl (C=O) groups is 1. The SMILES string of the molecule is Cc1c(C(C)NC(=O)C2(N)CC2)cnn1-c1cccc2ccccc12. The molecule has 1 unspecified atom stereocenters. The Hall–Kier alpha value is -2.66. The van der Waals surface area contributed by atoms with Gasteiger partial charge in [-0.3, -0.25) is 4.79 Å². The van der Waals surface area contributed by atoms with Crippen LogP contribution in [-0.2, 0) is 4.79 Å². The number of aromatic nitrogens is 2. The number of rotatable bonds is 4. The van der Waals surface area contributed by atoms with Crippen LogP contribution in [0.2, 0.25) is 0 Å². The standard InChI is InChI=1S/C20H22N4O/c1-13(23-19(25)20(21)10-11-20)17-12-22-24(14(17)2)18-9-5-7-15-6-3-4-8-16(15)18/h3-9,12-13H,10-11,21H2,1-2H3,(H,23,25). The first-order valence-electron chi connectivity index (χ1n) is 8.62. The molecule has 1 aliphatic rings. The molecule has 1 amide bonds. The Balaban J connectivity index is 1.68. The number of nitrogens with two attached hydrogens (primary N) is 1. The van der Waals surface area contributed by atoms with E-state index in [9.17, 15) is 4.79 Å². The summed E-state index contributed by atoms with van der Waals surface area (Å²) in [5.74, 6) is -0.0719. The van der Waals surface area contributed by atoms with Gasteiger partial charge in [0.2, 0.25) is 5.91 Å². The van der Waals surface area contributed by atoms with E-state index in [0.717, 1.165) is 35.2 Å². The Morgan fingerprint density at radius 3 is 2.72 bits per heavy atom. The Morgan fingerprint density at radius 2 is 1.96 bits per heavy atom. The highest BCUT2D eigenvalue weighted by Crippen LogP contribution is 2.33. The predicted octanol–water partition coefficient (Wildman–Crippen LogP) is 3.00. The zero-order chi connectivity index (χ0) is 17.6. The minimum absolute atomic E-state index is 0.0719. The number of nitrogens with one attached hydrogen (secondary N) is 1. The summed E-state index contributed by atoms with van der Waals surface area (Å²) < 4.78 is 1.94. The van der Waals surface area contributed by atoms with E-state index in [1.54, 1.807) is 0 Å². The molecule has 5 nitrogen and oxygen atoms in total. The van der Waals surface area contributed by atoms with Crippen molar-refractivity contribution in [2.45, 2.75) is 38.3 Å². The molecule has 1 atom stereocenters. The summed E-state index contributed by atoms with van der Waals surface area (Å²) in [6, 6.07) is 14.3. The van der Waals surface area contributed by atoms with Crippen molar-refractivity contribution in [3.8, 4) is 5.69 Å². The second-order valence-corrected chi connectivity index (χ2v) is 6.95. The van der Waals surface area contributed by atoms with E-state index in [4.69, 9.17) is 5.73 Å². The van der Waals surface area contributed by atoms with Crippen LogP contribution in [0.5, 0.6) is 0 Å². The Morgan fingerprint density at radius 1 is 1.24 bits per heavy atom. The Labute approximate surface area is 146 Å². The van der Waals surface area contributed by atoms with Gasteiger partial charge in [-0.05, 0) is 38.1 Å². The maximum Gasteiger partial charge on any atom is 0.240 e. The maximum absolute atomic E-state index is 12.2. The summed E-state index contributed by atoms with van der Waals surface area (Å²) in [5.41, 5.74) is 8.39. The first kappa shape index (κ1) is 15.8. The van der Waals surface area contributed by atoms with Crippen molar-refractivity contribution in [1.29, 1.82) is 0 Å². The highest BCUT2D eigenvalue weighted by molar-refractivity contribution is 5.90. The van der Waals surface area contributed by atoms with E-state index >= 15 is 0 Å². The molecule has 1 saturated carbocycles. The molecule has 1 fully saturated rings. The van der Waals surface area contributed by atoms with Gasteiger partial charge in [-0.25, -0.2) is 4.68 Å². The molecule has 3 aromatic rings. The van der Waals surface area contributed by atoms with Crippen molar-refractivity contribution in [1.82, 2.24) is 15.1 Å². The van der Waals surface area contributed by atoms with Gasteiger partial charge in [0.1, 0.15) is 0 Å². The molecule has 1 heterocycles. The number of benzene rings is 2. The molecule has 2 aromatic carbocycles. The number of hydrogen-bond donors (Lipinski definition) is 2. The minimum atomic E-state index is -0.659. The number of hydrogen-bond acceptors (Lipinski definition) is 3. The van der Waals surface area contributed by atoms with Crippen LogP contribution in [0.3, 0.4) is 0 Å². The molecule has 0 spiro atoms. The number of amides is 1. The van der Waals surface area contributed by atoms with E-state index in [2.05, 4.69) is 34.7 Å². The molecule has 1 aliphatic carbocycles. The second-order valence-electron chi connectivity index (χ2n) is 6.95. The molecule has 25 heavy (non-hydrogen) atoms. The van der Waals surface area contributed by atoms with Crippen LogP contribution in [0, 0.1) is 6.92 Å². The molecule has 4 rings (SSSR count). The quantitative estimate of drug-likeness (QED) is 0.770. The first-order chi connectivity index (χ1) is 12.0. The summed E-state index contributed by atoms with van der Waals surface area (Å²) in [5, 5.41) is 9.93. The lowest BCUT2D eigenvalue weighted by atomic mass is 10.1. The molecular formula is C20H22N4O. The van der Waals surface area contributed by atoms with Gasteiger partial charge in [0, 0.05) is 16.6 Å². The van der Waals surface area contributed by atoms with Crippen molar-refractivity contribution in [2.24, 2.45) is 5.73 Å². The number of nitrogens with zero attached hydrogens (tertiary/aromatic N) is 2. The van der Waals surface area contributed by atoms with Gasteiger partial charge in [-0.15, -0.1) is 0 Å². The van der Waals surface area contributed by atoms with E-state index in [1.807, 2.05) is 42.9 Å².